The molecule has 1 amide bonds. The maximum Gasteiger partial charge on any atom is 0.415 e. The summed E-state index contributed by atoms with van der Waals surface area (Å²) in [6.45, 7) is 6.16. The molecule has 2 aliphatic heterocycles. The van der Waals surface area contributed by atoms with Gasteiger partial charge in [-0.1, -0.05) is 23.7 Å². The van der Waals surface area contributed by atoms with E-state index < -0.39 is 10.5 Å². The number of hydrogen-bond donors (Lipinski definition) is 0. The van der Waals surface area contributed by atoms with Crippen LogP contribution in [0, 0.1) is 10.1 Å². The van der Waals surface area contributed by atoms with Gasteiger partial charge in [-0.3, -0.25) is 14.3 Å². The van der Waals surface area contributed by atoms with Crippen LogP contribution in [0.2, 0.25) is 5.02 Å². The third-order valence-corrected chi connectivity index (χ3v) is 6.06. The number of fused-ring (bicyclic) bond motifs is 1. The number of piperazine rings is 1. The molecule has 1 aromatic heterocycles. The number of carbonyl (C=O) groups excluding carboxylic acids is 1. The van der Waals surface area contributed by atoms with Crippen LogP contribution in [0.3, 0.4) is 0 Å². The van der Waals surface area contributed by atoms with Crippen molar-refractivity contribution in [2.45, 2.75) is 38.3 Å². The predicted octanol–water partition coefficient (Wildman–Crippen LogP) is 2.76. The van der Waals surface area contributed by atoms with Gasteiger partial charge in [-0.25, -0.2) is 0 Å². The van der Waals surface area contributed by atoms with E-state index in [1.54, 1.807) is 4.57 Å². The second kappa shape index (κ2) is 8.84. The van der Waals surface area contributed by atoms with E-state index in [2.05, 4.69) is 9.88 Å². The van der Waals surface area contributed by atoms with Gasteiger partial charge in [0.25, 0.3) is 0 Å². The van der Waals surface area contributed by atoms with Crippen molar-refractivity contribution in [3.05, 3.63) is 51.2 Å². The summed E-state index contributed by atoms with van der Waals surface area (Å²) in [7, 11) is 0. The van der Waals surface area contributed by atoms with E-state index in [1.165, 1.54) is 11.8 Å². The van der Waals surface area contributed by atoms with Crippen molar-refractivity contribution < 1.29 is 14.5 Å². The van der Waals surface area contributed by atoms with Gasteiger partial charge in [-0.15, -0.1) is 0 Å². The summed E-state index contributed by atoms with van der Waals surface area (Å²) in [5.41, 5.74) is 0.708. The molecule has 0 aliphatic carbocycles. The van der Waals surface area contributed by atoms with Crippen LogP contribution in [0.1, 0.15) is 25.3 Å². The van der Waals surface area contributed by atoms with Gasteiger partial charge >= 0.3 is 11.8 Å². The maximum absolute atomic E-state index is 12.6. The lowest BCUT2D eigenvalue weighted by Crippen LogP contribution is -2.53. The second-order valence-electron chi connectivity index (χ2n) is 8.46. The minimum absolute atomic E-state index is 0.194. The SMILES string of the molecule is CC1(CN2CCN(C(=O)CCCc3ccc(Cl)cc3)CC2)Cn2cc([N+](=O)[O-])nc2O1. The largest absolute Gasteiger partial charge is 0.436 e. The van der Waals surface area contributed by atoms with Crippen LogP contribution in [0.25, 0.3) is 0 Å². The van der Waals surface area contributed by atoms with Crippen LogP contribution in [-0.2, 0) is 17.8 Å². The number of hydrogen-bond acceptors (Lipinski definition) is 6. The first kappa shape index (κ1) is 21.6. The van der Waals surface area contributed by atoms with E-state index >= 15 is 0 Å². The summed E-state index contributed by atoms with van der Waals surface area (Å²) in [5.74, 6) is 0.00428. The minimum Gasteiger partial charge on any atom is -0.436 e. The van der Waals surface area contributed by atoms with Gasteiger partial charge in [0.1, 0.15) is 11.8 Å². The quantitative estimate of drug-likeness (QED) is 0.478. The van der Waals surface area contributed by atoms with Crippen LogP contribution >= 0.6 is 11.6 Å². The lowest BCUT2D eigenvalue weighted by Gasteiger charge is -2.38. The topological polar surface area (TPSA) is 93.7 Å². The van der Waals surface area contributed by atoms with Gasteiger partial charge < -0.3 is 19.8 Å². The van der Waals surface area contributed by atoms with Crippen LogP contribution in [0.15, 0.2) is 30.5 Å². The van der Waals surface area contributed by atoms with Crippen molar-refractivity contribution >= 4 is 23.3 Å². The molecule has 1 atom stereocenters. The monoisotopic (exact) mass is 447 g/mol. The fraction of sp³-hybridized carbons (Fsp3) is 0.524. The third kappa shape index (κ3) is 5.16. The molecule has 4 rings (SSSR count). The molecule has 3 heterocycles. The molecule has 0 spiro atoms. The van der Waals surface area contributed by atoms with E-state index in [0.29, 0.717) is 38.6 Å². The number of ether oxygens (including phenoxy) is 1. The van der Waals surface area contributed by atoms with Crippen LogP contribution in [0.5, 0.6) is 6.01 Å². The number of nitro groups is 1. The number of imidazole rings is 1. The number of aromatic nitrogens is 2. The van der Waals surface area contributed by atoms with Gasteiger partial charge in [0.2, 0.25) is 5.91 Å². The highest BCUT2D eigenvalue weighted by atomic mass is 35.5. The van der Waals surface area contributed by atoms with Crippen molar-refractivity contribution in [1.82, 2.24) is 19.4 Å². The predicted molar refractivity (Wildman–Crippen MR) is 115 cm³/mol. The second-order valence-corrected chi connectivity index (χ2v) is 8.89. The number of halogens is 1. The highest BCUT2D eigenvalue weighted by Crippen LogP contribution is 2.31. The van der Waals surface area contributed by atoms with Crippen molar-refractivity contribution in [3.8, 4) is 6.01 Å². The average Bonchev–Trinajstić information content (AvgIpc) is 3.25. The Morgan fingerprint density at radius 3 is 2.61 bits per heavy atom. The van der Waals surface area contributed by atoms with E-state index in [9.17, 15) is 14.9 Å². The fourth-order valence-electron chi connectivity index (χ4n) is 4.24. The molecule has 1 unspecified atom stereocenters. The molecule has 0 saturated carbocycles. The number of aryl methyl sites for hydroxylation is 1. The van der Waals surface area contributed by atoms with Crippen LogP contribution < -0.4 is 4.74 Å². The molecule has 0 radical (unpaired) electrons. The van der Waals surface area contributed by atoms with Crippen molar-refractivity contribution in [2.24, 2.45) is 0 Å². The zero-order valence-electron chi connectivity index (χ0n) is 17.5. The molecule has 166 valence electrons. The van der Waals surface area contributed by atoms with Crippen LogP contribution in [-0.4, -0.2) is 68.5 Å². The molecule has 0 N–H and O–H groups in total. The highest BCUT2D eigenvalue weighted by Gasteiger charge is 2.41. The fourth-order valence-corrected chi connectivity index (χ4v) is 4.37. The molecule has 1 aromatic carbocycles. The molecular weight excluding hydrogens is 422 g/mol. The Morgan fingerprint density at radius 1 is 1.26 bits per heavy atom. The first-order chi connectivity index (χ1) is 14.8. The number of amides is 1. The Morgan fingerprint density at radius 2 is 1.97 bits per heavy atom. The maximum atomic E-state index is 12.6. The molecule has 2 aliphatic rings. The van der Waals surface area contributed by atoms with Gasteiger partial charge in [-0.2, -0.15) is 0 Å². The number of rotatable bonds is 7. The third-order valence-electron chi connectivity index (χ3n) is 5.81. The number of carbonyl (C=O) groups is 1. The zero-order chi connectivity index (χ0) is 22.0. The summed E-state index contributed by atoms with van der Waals surface area (Å²) in [4.78, 5) is 31.0. The highest BCUT2D eigenvalue weighted by molar-refractivity contribution is 6.30. The molecule has 9 nitrogen and oxygen atoms in total. The van der Waals surface area contributed by atoms with Crippen molar-refractivity contribution in [3.63, 3.8) is 0 Å². The number of nitrogens with zero attached hydrogens (tertiary/aromatic N) is 5. The summed E-state index contributed by atoms with van der Waals surface area (Å²) in [6.07, 6.45) is 3.65. The Hall–Kier alpha value is -2.65. The minimum atomic E-state index is -0.516. The first-order valence-corrected chi connectivity index (χ1v) is 10.8. The molecule has 10 heteroatoms. The standard InChI is InChI=1S/C21H26ClN5O4/c1-21(15-26-13-18(27(29)30)23-20(26)31-21)14-24-9-11-25(12-10-24)19(28)4-2-3-16-5-7-17(22)8-6-16/h5-8,13H,2-4,9-12,14-15H2,1H3. The van der Waals surface area contributed by atoms with Gasteiger partial charge in [-0.05, 0) is 42.4 Å². The molecule has 0 bridgehead atoms. The Balaban J connectivity index is 1.19. The van der Waals surface area contributed by atoms with Crippen molar-refractivity contribution in [1.29, 1.82) is 0 Å². The lowest BCUT2D eigenvalue weighted by molar-refractivity contribution is -0.389. The summed E-state index contributed by atoms with van der Waals surface area (Å²) in [6, 6.07) is 8.05. The van der Waals surface area contributed by atoms with Crippen molar-refractivity contribution in [2.75, 3.05) is 32.7 Å². The smallest absolute Gasteiger partial charge is 0.415 e. The normalized spacial score (nSPS) is 21.0. The van der Waals surface area contributed by atoms with E-state index in [0.717, 1.165) is 31.0 Å². The Labute approximate surface area is 185 Å². The number of benzene rings is 1. The molecular formula is C21H26ClN5O4. The summed E-state index contributed by atoms with van der Waals surface area (Å²) >= 11 is 5.91. The van der Waals surface area contributed by atoms with E-state index in [1.807, 2.05) is 36.1 Å². The zero-order valence-corrected chi connectivity index (χ0v) is 18.3. The van der Waals surface area contributed by atoms with E-state index in [4.69, 9.17) is 16.3 Å². The average molecular weight is 448 g/mol. The Kier molecular flexibility index (Phi) is 6.15. The Bertz CT molecular complexity index is 930. The first-order valence-electron chi connectivity index (χ1n) is 10.5. The van der Waals surface area contributed by atoms with Crippen LogP contribution in [0.4, 0.5) is 5.82 Å². The van der Waals surface area contributed by atoms with Gasteiger partial charge in [0.05, 0.1) is 6.54 Å². The molecule has 1 fully saturated rings. The van der Waals surface area contributed by atoms with Gasteiger partial charge in [0.15, 0.2) is 0 Å². The lowest BCUT2D eigenvalue weighted by atomic mass is 10.1. The van der Waals surface area contributed by atoms with E-state index in [-0.39, 0.29) is 11.7 Å². The molecule has 31 heavy (non-hydrogen) atoms. The molecule has 1 saturated heterocycles. The summed E-state index contributed by atoms with van der Waals surface area (Å²) < 4.78 is 7.61. The molecule has 2 aromatic rings. The summed E-state index contributed by atoms with van der Waals surface area (Å²) in [5, 5.41) is 11.6. The van der Waals surface area contributed by atoms with Gasteiger partial charge in [0, 0.05) is 49.2 Å².